The molecule has 1 rings (SSSR count). The van der Waals surface area contributed by atoms with Crippen molar-refractivity contribution in [2.75, 3.05) is 0 Å². The van der Waals surface area contributed by atoms with E-state index in [0.717, 1.165) is 12.3 Å². The molecule has 0 radical (unpaired) electrons. The summed E-state index contributed by atoms with van der Waals surface area (Å²) in [5, 5.41) is 8.22. The van der Waals surface area contributed by atoms with E-state index < -0.39 is 18.0 Å². The number of hydrogen-bond acceptors (Lipinski definition) is 2. The van der Waals surface area contributed by atoms with Crippen LogP contribution in [0.3, 0.4) is 0 Å². The van der Waals surface area contributed by atoms with Crippen LogP contribution in [0.5, 0.6) is 0 Å². The summed E-state index contributed by atoms with van der Waals surface area (Å²) in [5.41, 5.74) is 0.219. The number of alkyl halides is 1. The molecule has 1 atom stereocenters. The van der Waals surface area contributed by atoms with Crippen LogP contribution in [0, 0.1) is 5.82 Å². The molecule has 5 heteroatoms. The number of rotatable bonds is 3. The summed E-state index contributed by atoms with van der Waals surface area (Å²) in [6.45, 7) is 0. The highest BCUT2D eigenvalue weighted by molar-refractivity contribution is 5.72. The molecule has 0 aliphatic heterocycles. The molecule has 3 nitrogen and oxygen atoms in total. The molecule has 1 N–H and O–H groups in total. The fraction of sp³-hybridized carbons (Fsp3) is 0.250. The van der Waals surface area contributed by atoms with Crippen LogP contribution in [0.4, 0.5) is 8.78 Å². The van der Waals surface area contributed by atoms with E-state index in [4.69, 9.17) is 5.11 Å². The molecule has 0 aromatic carbocycles. The number of pyridine rings is 1. The molecule has 0 saturated heterocycles. The molecule has 0 aliphatic carbocycles. The molecule has 0 spiro atoms. The second-order valence-corrected chi connectivity index (χ2v) is 2.48. The minimum Gasteiger partial charge on any atom is -0.479 e. The standard InChI is InChI=1S/C8H7F2NO2/c9-5-1-2-6(11-4-5)3-7(10)8(12)13/h1-2,4,7H,3H2,(H,12,13). The number of nitrogens with zero attached hydrogens (tertiary/aromatic N) is 1. The summed E-state index contributed by atoms with van der Waals surface area (Å²) in [4.78, 5) is 13.6. The van der Waals surface area contributed by atoms with Crippen molar-refractivity contribution >= 4 is 5.97 Å². The SMILES string of the molecule is O=C(O)C(F)Cc1ccc(F)cn1. The molecule has 1 aromatic heterocycles. The Labute approximate surface area is 73.0 Å². The Bertz CT molecular complexity index is 300. The highest BCUT2D eigenvalue weighted by Crippen LogP contribution is 2.04. The molecule has 0 aliphatic rings. The van der Waals surface area contributed by atoms with Crippen LogP contribution >= 0.6 is 0 Å². The van der Waals surface area contributed by atoms with Crippen molar-refractivity contribution in [2.24, 2.45) is 0 Å². The maximum absolute atomic E-state index is 12.6. The summed E-state index contributed by atoms with van der Waals surface area (Å²) in [7, 11) is 0. The van der Waals surface area contributed by atoms with Gasteiger partial charge in [-0.3, -0.25) is 4.98 Å². The fourth-order valence-electron chi connectivity index (χ4n) is 0.798. The van der Waals surface area contributed by atoms with Gasteiger partial charge in [-0.05, 0) is 12.1 Å². The Kier molecular flexibility index (Phi) is 2.89. The predicted molar refractivity (Wildman–Crippen MR) is 40.4 cm³/mol. The van der Waals surface area contributed by atoms with Gasteiger partial charge in [0.1, 0.15) is 5.82 Å². The summed E-state index contributed by atoms with van der Waals surface area (Å²) >= 11 is 0. The van der Waals surface area contributed by atoms with Gasteiger partial charge in [-0.1, -0.05) is 0 Å². The molecular formula is C8H7F2NO2. The van der Waals surface area contributed by atoms with Crippen LogP contribution in [-0.4, -0.2) is 22.2 Å². The first-order chi connectivity index (χ1) is 6.09. The zero-order valence-corrected chi connectivity index (χ0v) is 6.58. The highest BCUT2D eigenvalue weighted by Gasteiger charge is 2.16. The van der Waals surface area contributed by atoms with Crippen molar-refractivity contribution in [2.45, 2.75) is 12.6 Å². The fourth-order valence-corrected chi connectivity index (χ4v) is 0.798. The van der Waals surface area contributed by atoms with E-state index >= 15 is 0 Å². The Morgan fingerprint density at radius 2 is 2.31 bits per heavy atom. The average molecular weight is 187 g/mol. The van der Waals surface area contributed by atoms with Gasteiger partial charge < -0.3 is 5.11 Å². The third-order valence-corrected chi connectivity index (χ3v) is 1.44. The van der Waals surface area contributed by atoms with Gasteiger partial charge in [0.2, 0.25) is 6.17 Å². The van der Waals surface area contributed by atoms with Crippen LogP contribution in [0.1, 0.15) is 5.69 Å². The largest absolute Gasteiger partial charge is 0.479 e. The molecule has 70 valence electrons. The van der Waals surface area contributed by atoms with Gasteiger partial charge in [0.15, 0.2) is 0 Å². The number of carbonyl (C=O) groups is 1. The van der Waals surface area contributed by atoms with E-state index in [0.29, 0.717) is 0 Å². The second-order valence-electron chi connectivity index (χ2n) is 2.48. The number of aliphatic carboxylic acids is 1. The number of halogens is 2. The zero-order valence-electron chi connectivity index (χ0n) is 6.58. The molecule has 1 aromatic rings. The van der Waals surface area contributed by atoms with Crippen molar-refractivity contribution in [1.29, 1.82) is 0 Å². The van der Waals surface area contributed by atoms with Crippen LogP contribution in [0.15, 0.2) is 18.3 Å². The quantitative estimate of drug-likeness (QED) is 0.773. The summed E-state index contributed by atoms with van der Waals surface area (Å²) < 4.78 is 24.9. The normalized spacial score (nSPS) is 12.5. The second kappa shape index (κ2) is 3.93. The monoisotopic (exact) mass is 187 g/mol. The number of aromatic nitrogens is 1. The first kappa shape index (κ1) is 9.57. The first-order valence-electron chi connectivity index (χ1n) is 3.57. The smallest absolute Gasteiger partial charge is 0.338 e. The Hall–Kier alpha value is -1.52. The predicted octanol–water partition coefficient (Wildman–Crippen LogP) is 1.19. The van der Waals surface area contributed by atoms with Gasteiger partial charge in [0.25, 0.3) is 0 Å². The summed E-state index contributed by atoms with van der Waals surface area (Å²) in [6.07, 6.45) is -1.41. The number of carboxylic acid groups (broad SMARTS) is 1. The van der Waals surface area contributed by atoms with Crippen molar-refractivity contribution < 1.29 is 18.7 Å². The van der Waals surface area contributed by atoms with Gasteiger partial charge >= 0.3 is 5.97 Å². The molecule has 1 heterocycles. The molecule has 0 amide bonds. The maximum atomic E-state index is 12.6. The van der Waals surface area contributed by atoms with E-state index in [9.17, 15) is 13.6 Å². The van der Waals surface area contributed by atoms with E-state index in [1.54, 1.807) is 0 Å². The Morgan fingerprint density at radius 3 is 2.77 bits per heavy atom. The maximum Gasteiger partial charge on any atom is 0.338 e. The van der Waals surface area contributed by atoms with Crippen molar-refractivity contribution in [3.63, 3.8) is 0 Å². The van der Waals surface area contributed by atoms with Gasteiger partial charge in [-0.25, -0.2) is 13.6 Å². The lowest BCUT2D eigenvalue weighted by Gasteiger charge is -2.01. The van der Waals surface area contributed by atoms with E-state index in [1.165, 1.54) is 6.07 Å². The molecule has 0 bridgehead atoms. The van der Waals surface area contributed by atoms with Gasteiger partial charge in [-0.15, -0.1) is 0 Å². The average Bonchev–Trinajstić information content (AvgIpc) is 2.08. The topological polar surface area (TPSA) is 50.2 Å². The van der Waals surface area contributed by atoms with E-state index in [1.807, 2.05) is 0 Å². The molecular weight excluding hydrogens is 180 g/mol. The molecule has 13 heavy (non-hydrogen) atoms. The first-order valence-corrected chi connectivity index (χ1v) is 3.57. The van der Waals surface area contributed by atoms with Gasteiger partial charge in [0, 0.05) is 12.1 Å². The molecule has 1 unspecified atom stereocenters. The summed E-state index contributed by atoms with van der Waals surface area (Å²) in [6, 6.07) is 2.36. The van der Waals surface area contributed by atoms with Crippen LogP contribution in [0.25, 0.3) is 0 Å². The van der Waals surface area contributed by atoms with E-state index in [-0.39, 0.29) is 12.1 Å². The minimum atomic E-state index is -1.99. The van der Waals surface area contributed by atoms with Gasteiger partial charge in [-0.2, -0.15) is 0 Å². The minimum absolute atomic E-state index is 0.219. The zero-order chi connectivity index (χ0) is 9.84. The number of hydrogen-bond donors (Lipinski definition) is 1. The molecule has 0 saturated carbocycles. The van der Waals surface area contributed by atoms with Crippen molar-refractivity contribution in [3.8, 4) is 0 Å². The van der Waals surface area contributed by atoms with Gasteiger partial charge in [0.05, 0.1) is 6.20 Å². The lowest BCUT2D eigenvalue weighted by molar-refractivity contribution is -0.142. The van der Waals surface area contributed by atoms with Crippen LogP contribution in [-0.2, 0) is 11.2 Å². The lowest BCUT2D eigenvalue weighted by atomic mass is 10.2. The molecule has 0 fully saturated rings. The van der Waals surface area contributed by atoms with Crippen molar-refractivity contribution in [3.05, 3.63) is 29.8 Å². The lowest BCUT2D eigenvalue weighted by Crippen LogP contribution is -2.17. The third-order valence-electron chi connectivity index (χ3n) is 1.44. The number of carboxylic acids is 1. The summed E-state index contributed by atoms with van der Waals surface area (Å²) in [5.74, 6) is -2.07. The van der Waals surface area contributed by atoms with E-state index in [2.05, 4.69) is 4.98 Å². The van der Waals surface area contributed by atoms with Crippen LogP contribution < -0.4 is 0 Å². The van der Waals surface area contributed by atoms with Crippen molar-refractivity contribution in [1.82, 2.24) is 4.98 Å². The highest BCUT2D eigenvalue weighted by atomic mass is 19.1. The third kappa shape index (κ3) is 2.77. The Balaban J connectivity index is 2.64. The van der Waals surface area contributed by atoms with Crippen LogP contribution in [0.2, 0.25) is 0 Å². The Morgan fingerprint density at radius 1 is 1.62 bits per heavy atom.